The van der Waals surface area contributed by atoms with Crippen molar-refractivity contribution in [3.8, 4) is 34.2 Å². The summed E-state index contributed by atoms with van der Waals surface area (Å²) in [6.45, 7) is 7.86. The van der Waals surface area contributed by atoms with Gasteiger partial charge in [-0.3, -0.25) is 29.7 Å². The third-order valence-corrected chi connectivity index (χ3v) is 8.56. The lowest BCUT2D eigenvalue weighted by molar-refractivity contribution is 0.207. The van der Waals surface area contributed by atoms with Crippen molar-refractivity contribution in [3.05, 3.63) is 145 Å². The minimum Gasteiger partial charge on any atom is -0.295 e. The van der Waals surface area contributed by atoms with Crippen LogP contribution in [0.15, 0.2) is 128 Å². The second-order valence-corrected chi connectivity index (χ2v) is 12.0. The molecule has 0 spiro atoms. The van der Waals surface area contributed by atoms with E-state index in [1.54, 1.807) is 0 Å². The monoisotopic (exact) mass is 633 g/mol. The van der Waals surface area contributed by atoms with Crippen LogP contribution in [-0.2, 0) is 19.6 Å². The van der Waals surface area contributed by atoms with Crippen molar-refractivity contribution in [3.63, 3.8) is 0 Å². The molecular weight excluding hydrogens is 594 g/mol. The maximum atomic E-state index is 5.00. The zero-order valence-electron chi connectivity index (χ0n) is 27.0. The molecule has 0 atom stereocenters. The van der Waals surface area contributed by atoms with Crippen LogP contribution < -0.4 is 0 Å². The van der Waals surface area contributed by atoms with Crippen molar-refractivity contribution >= 4 is 0 Å². The molecule has 240 valence electrons. The van der Waals surface area contributed by atoms with E-state index in [2.05, 4.69) is 66.0 Å². The van der Waals surface area contributed by atoms with Crippen LogP contribution in [0.25, 0.3) is 34.2 Å². The first-order valence-corrected chi connectivity index (χ1v) is 16.5. The second kappa shape index (κ2) is 15.6. The second-order valence-electron chi connectivity index (χ2n) is 12.0. The number of pyridine rings is 6. The summed E-state index contributed by atoms with van der Waals surface area (Å²) in [6, 6.07) is 36.6. The molecule has 0 bridgehead atoms. The summed E-state index contributed by atoms with van der Waals surface area (Å²) in [5.74, 6) is 0. The zero-order chi connectivity index (χ0) is 32.4. The van der Waals surface area contributed by atoms with E-state index in [1.165, 1.54) is 0 Å². The minimum absolute atomic E-state index is 0.767. The van der Waals surface area contributed by atoms with E-state index >= 15 is 0 Å². The van der Waals surface area contributed by atoms with Crippen LogP contribution in [0.3, 0.4) is 0 Å². The quantitative estimate of drug-likeness (QED) is 0.194. The van der Waals surface area contributed by atoms with Crippen LogP contribution in [-0.4, -0.2) is 83.9 Å². The highest BCUT2D eigenvalue weighted by Gasteiger charge is 2.19. The molecular formula is C39H39N9. The SMILES string of the molecule is c1ccc(-c2cccc(CN3CCN(Cc4cccc(-c5ccccn5)n4)CCN(Cc4cccc(-c5ccccn5)n4)CC3)n2)nc1. The Morgan fingerprint density at radius 3 is 0.896 bits per heavy atom. The highest BCUT2D eigenvalue weighted by molar-refractivity contribution is 5.55. The third-order valence-electron chi connectivity index (χ3n) is 8.56. The average Bonchev–Trinajstić information content (AvgIpc) is 3.24. The smallest absolute Gasteiger partial charge is 0.0890 e. The van der Waals surface area contributed by atoms with Gasteiger partial charge in [0, 0.05) is 77.5 Å². The molecule has 0 N–H and O–H groups in total. The number of nitrogens with zero attached hydrogens (tertiary/aromatic N) is 9. The maximum Gasteiger partial charge on any atom is 0.0890 e. The van der Waals surface area contributed by atoms with E-state index in [4.69, 9.17) is 15.0 Å². The Kier molecular flexibility index (Phi) is 10.2. The summed E-state index contributed by atoms with van der Waals surface area (Å²) in [5, 5.41) is 0. The number of hydrogen-bond acceptors (Lipinski definition) is 9. The van der Waals surface area contributed by atoms with Gasteiger partial charge in [0.2, 0.25) is 0 Å². The Morgan fingerprint density at radius 1 is 0.333 bits per heavy atom. The fourth-order valence-electron chi connectivity index (χ4n) is 6.02. The molecule has 0 amide bonds. The van der Waals surface area contributed by atoms with Crippen LogP contribution in [0, 0.1) is 0 Å². The molecule has 0 aliphatic carbocycles. The first kappa shape index (κ1) is 31.4. The van der Waals surface area contributed by atoms with E-state index in [1.807, 2.05) is 91.4 Å². The predicted octanol–water partition coefficient (Wildman–Crippen LogP) is 5.88. The van der Waals surface area contributed by atoms with Crippen LogP contribution in [0.4, 0.5) is 0 Å². The van der Waals surface area contributed by atoms with E-state index in [0.717, 1.165) is 110 Å². The van der Waals surface area contributed by atoms with Gasteiger partial charge in [0.1, 0.15) is 0 Å². The summed E-state index contributed by atoms with van der Waals surface area (Å²) >= 11 is 0. The molecule has 1 saturated heterocycles. The van der Waals surface area contributed by atoms with Crippen molar-refractivity contribution in [2.24, 2.45) is 0 Å². The first-order valence-electron chi connectivity index (χ1n) is 16.5. The molecule has 6 aromatic rings. The zero-order valence-corrected chi connectivity index (χ0v) is 27.0. The van der Waals surface area contributed by atoms with Crippen molar-refractivity contribution in [1.82, 2.24) is 44.6 Å². The summed E-state index contributed by atoms with van der Waals surface area (Å²) < 4.78 is 0. The number of aromatic nitrogens is 6. The molecule has 0 saturated carbocycles. The fraction of sp³-hybridized carbons (Fsp3) is 0.231. The molecule has 1 aliphatic heterocycles. The Bertz CT molecular complexity index is 1650. The van der Waals surface area contributed by atoms with Crippen LogP contribution in [0.1, 0.15) is 17.1 Å². The van der Waals surface area contributed by atoms with E-state index in [9.17, 15) is 0 Å². The van der Waals surface area contributed by atoms with E-state index in [0.29, 0.717) is 0 Å². The lowest BCUT2D eigenvalue weighted by atomic mass is 10.2. The molecule has 1 aliphatic rings. The summed E-state index contributed by atoms with van der Waals surface area (Å²) in [6.07, 6.45) is 5.45. The van der Waals surface area contributed by atoms with Gasteiger partial charge in [-0.05, 0) is 72.8 Å². The van der Waals surface area contributed by atoms with Gasteiger partial charge in [0.25, 0.3) is 0 Å². The molecule has 0 unspecified atom stereocenters. The molecule has 7 heterocycles. The number of rotatable bonds is 9. The molecule has 6 aromatic heterocycles. The Balaban J connectivity index is 1.10. The number of hydrogen-bond donors (Lipinski definition) is 0. The van der Waals surface area contributed by atoms with Crippen molar-refractivity contribution in [1.29, 1.82) is 0 Å². The van der Waals surface area contributed by atoms with Gasteiger partial charge in [0.05, 0.1) is 51.2 Å². The molecule has 0 aromatic carbocycles. The minimum atomic E-state index is 0.767. The van der Waals surface area contributed by atoms with Crippen LogP contribution in [0.2, 0.25) is 0 Å². The Hall–Kier alpha value is -5.22. The molecule has 48 heavy (non-hydrogen) atoms. The largest absolute Gasteiger partial charge is 0.295 e. The van der Waals surface area contributed by atoms with Gasteiger partial charge in [-0.15, -0.1) is 0 Å². The fourth-order valence-corrected chi connectivity index (χ4v) is 6.02. The van der Waals surface area contributed by atoms with Crippen molar-refractivity contribution < 1.29 is 0 Å². The van der Waals surface area contributed by atoms with Crippen LogP contribution >= 0.6 is 0 Å². The molecule has 1 fully saturated rings. The van der Waals surface area contributed by atoms with Gasteiger partial charge in [-0.1, -0.05) is 36.4 Å². The van der Waals surface area contributed by atoms with E-state index in [-0.39, 0.29) is 0 Å². The van der Waals surface area contributed by atoms with Crippen molar-refractivity contribution in [2.75, 3.05) is 39.3 Å². The first-order chi connectivity index (χ1) is 23.7. The highest BCUT2D eigenvalue weighted by Crippen LogP contribution is 2.19. The van der Waals surface area contributed by atoms with E-state index < -0.39 is 0 Å². The lowest BCUT2D eigenvalue weighted by Crippen LogP contribution is -2.35. The Labute approximate surface area is 282 Å². The Morgan fingerprint density at radius 2 is 0.625 bits per heavy atom. The van der Waals surface area contributed by atoms with Gasteiger partial charge in [0.15, 0.2) is 0 Å². The van der Waals surface area contributed by atoms with Gasteiger partial charge in [-0.25, -0.2) is 15.0 Å². The van der Waals surface area contributed by atoms with Gasteiger partial charge >= 0.3 is 0 Å². The third kappa shape index (κ3) is 8.38. The molecule has 9 nitrogen and oxygen atoms in total. The average molecular weight is 634 g/mol. The van der Waals surface area contributed by atoms with Gasteiger partial charge < -0.3 is 0 Å². The standard InChI is InChI=1S/C39H39N9/c1-4-19-40-34(13-1)37-16-7-10-31(43-37)28-46-22-24-47(29-32-11-8-17-38(44-32)35-14-2-5-20-41-35)26-27-48(25-23-46)30-33-12-9-18-39(45-33)36-15-3-6-21-42-36/h1-21H,22-30H2. The topological polar surface area (TPSA) is 87.1 Å². The molecule has 7 rings (SSSR count). The van der Waals surface area contributed by atoms with Crippen molar-refractivity contribution in [2.45, 2.75) is 19.6 Å². The lowest BCUT2D eigenvalue weighted by Gasteiger charge is -2.25. The maximum absolute atomic E-state index is 5.00. The highest BCUT2D eigenvalue weighted by atomic mass is 15.3. The van der Waals surface area contributed by atoms with Gasteiger partial charge in [-0.2, -0.15) is 0 Å². The molecule has 0 radical (unpaired) electrons. The summed E-state index contributed by atoms with van der Waals surface area (Å²) in [5.41, 5.74) is 8.51. The molecule has 9 heteroatoms. The summed E-state index contributed by atoms with van der Waals surface area (Å²) in [7, 11) is 0. The normalized spacial score (nSPS) is 15.0. The predicted molar refractivity (Wildman–Crippen MR) is 188 cm³/mol. The summed E-state index contributed by atoms with van der Waals surface area (Å²) in [4.78, 5) is 36.1. The van der Waals surface area contributed by atoms with Crippen LogP contribution in [0.5, 0.6) is 0 Å².